The molecule has 0 atom stereocenters. The summed E-state index contributed by atoms with van der Waals surface area (Å²) < 4.78 is 8.12. The maximum atomic E-state index is 14.0. The number of ketones is 1. The lowest BCUT2D eigenvalue weighted by atomic mass is 10.0. The van der Waals surface area contributed by atoms with E-state index in [1.807, 2.05) is 60.7 Å². The van der Waals surface area contributed by atoms with E-state index in [1.54, 1.807) is 64.0 Å². The van der Waals surface area contributed by atoms with Gasteiger partial charge in [-0.15, -0.1) is 0 Å². The van der Waals surface area contributed by atoms with Crippen molar-refractivity contribution >= 4 is 28.5 Å². The molecule has 0 saturated carbocycles. The van der Waals surface area contributed by atoms with Gasteiger partial charge in [0.1, 0.15) is 18.4 Å². The quantitative estimate of drug-likeness (QED) is 0.188. The smallest absolute Gasteiger partial charge is 0.286 e. The minimum absolute atomic E-state index is 0.109. The van der Waals surface area contributed by atoms with Crippen LogP contribution in [0.2, 0.25) is 5.02 Å². The molecule has 0 amide bonds. The van der Waals surface area contributed by atoms with Gasteiger partial charge in [-0.25, -0.2) is 9.97 Å². The molecular weight excluding hydrogens is 562 g/mol. The summed E-state index contributed by atoms with van der Waals surface area (Å²) in [6, 6.07) is 33.8. The number of Topliss-reactive ketones (excluding diaryl/α,β-unsaturated/α-hetero) is 1. The van der Waals surface area contributed by atoms with Crippen LogP contribution in [-0.2, 0) is 6.42 Å². The fraction of sp³-hybridized carbons (Fsp3) is 0.0294. The zero-order valence-corrected chi connectivity index (χ0v) is 23.3. The van der Waals surface area contributed by atoms with E-state index in [-0.39, 0.29) is 23.3 Å². The lowest BCUT2D eigenvalue weighted by Gasteiger charge is -2.14. The van der Waals surface area contributed by atoms with Crippen LogP contribution in [0.15, 0.2) is 131 Å². The number of hydrogen-bond donors (Lipinski definition) is 0. The Balaban J connectivity index is 1.37. The fourth-order valence-corrected chi connectivity index (χ4v) is 5.16. The molecule has 0 spiro atoms. The van der Waals surface area contributed by atoms with Crippen molar-refractivity contribution in [1.29, 1.82) is 0 Å². The molecule has 0 unspecified atom stereocenters. The summed E-state index contributed by atoms with van der Waals surface area (Å²) in [5.74, 6) is 0.330. The van der Waals surface area contributed by atoms with E-state index in [4.69, 9.17) is 21.1 Å². The number of fused-ring (bicyclic) bond motifs is 1. The van der Waals surface area contributed by atoms with Gasteiger partial charge in [0.2, 0.25) is 0 Å². The fourth-order valence-electron chi connectivity index (χ4n) is 5.03. The summed E-state index contributed by atoms with van der Waals surface area (Å²) in [4.78, 5) is 36.5. The molecule has 0 bridgehead atoms. The first-order valence-corrected chi connectivity index (χ1v) is 13.9. The molecule has 43 heavy (non-hydrogen) atoms. The maximum absolute atomic E-state index is 14.0. The topological polar surface area (TPSA) is 95.8 Å². The van der Waals surface area contributed by atoms with Crippen LogP contribution in [0.3, 0.4) is 0 Å². The van der Waals surface area contributed by atoms with Crippen molar-refractivity contribution in [3.05, 3.63) is 148 Å². The number of carbonyl (C=O) groups is 1. The van der Waals surface area contributed by atoms with Gasteiger partial charge in [-0.3, -0.25) is 18.7 Å². The van der Waals surface area contributed by atoms with Crippen LogP contribution < -0.4 is 5.56 Å². The van der Waals surface area contributed by atoms with Gasteiger partial charge in [-0.05, 0) is 47.5 Å². The lowest BCUT2D eigenvalue weighted by Crippen LogP contribution is -2.22. The number of imidazole rings is 1. The first-order chi connectivity index (χ1) is 21.0. The van der Waals surface area contributed by atoms with E-state index in [9.17, 15) is 9.59 Å². The molecule has 7 aromatic rings. The molecular formula is C34H22ClN5O3. The van der Waals surface area contributed by atoms with Crippen molar-refractivity contribution in [2.45, 2.75) is 6.42 Å². The molecule has 0 aliphatic heterocycles. The number of carbonyl (C=O) groups excluding carboxylic acids is 1. The van der Waals surface area contributed by atoms with Crippen LogP contribution in [-0.4, -0.2) is 30.0 Å². The number of benzene rings is 4. The highest BCUT2D eigenvalue weighted by atomic mass is 35.5. The highest BCUT2D eigenvalue weighted by Gasteiger charge is 2.20. The third kappa shape index (κ3) is 5.05. The summed E-state index contributed by atoms with van der Waals surface area (Å²) in [5.41, 5.74) is 5.42. The van der Waals surface area contributed by atoms with Crippen LogP contribution >= 0.6 is 11.6 Å². The zero-order valence-electron chi connectivity index (χ0n) is 22.6. The minimum atomic E-state index is -0.327. The Hall–Kier alpha value is -5.60. The Labute approximate surface area is 250 Å². The predicted molar refractivity (Wildman–Crippen MR) is 165 cm³/mol. The van der Waals surface area contributed by atoms with Crippen LogP contribution in [0.4, 0.5) is 0 Å². The average Bonchev–Trinajstić information content (AvgIpc) is 3.73. The molecule has 0 aliphatic rings. The first-order valence-electron chi connectivity index (χ1n) is 13.5. The van der Waals surface area contributed by atoms with E-state index in [2.05, 4.69) is 10.1 Å². The highest BCUT2D eigenvalue weighted by Crippen LogP contribution is 2.27. The van der Waals surface area contributed by atoms with Gasteiger partial charge in [0.25, 0.3) is 5.56 Å². The van der Waals surface area contributed by atoms with Crippen molar-refractivity contribution in [1.82, 2.24) is 24.3 Å². The van der Waals surface area contributed by atoms with Crippen molar-refractivity contribution in [2.24, 2.45) is 0 Å². The molecule has 0 fully saturated rings. The second kappa shape index (κ2) is 11.0. The number of nitrogens with zero attached hydrogens (tertiary/aromatic N) is 5. The highest BCUT2D eigenvalue weighted by molar-refractivity contribution is 6.30. The van der Waals surface area contributed by atoms with Crippen LogP contribution in [0, 0.1) is 0 Å². The Bertz CT molecular complexity index is 2130. The normalized spacial score (nSPS) is 11.2. The zero-order chi connectivity index (χ0) is 29.3. The molecule has 0 N–H and O–H groups in total. The largest absolute Gasteiger partial charge is 0.364 e. The van der Waals surface area contributed by atoms with Gasteiger partial charge in [-0.2, -0.15) is 0 Å². The van der Waals surface area contributed by atoms with E-state index in [0.717, 1.165) is 16.7 Å². The summed E-state index contributed by atoms with van der Waals surface area (Å²) in [5, 5.41) is 4.40. The molecule has 0 radical (unpaired) electrons. The van der Waals surface area contributed by atoms with E-state index in [0.29, 0.717) is 39.1 Å². The molecule has 208 valence electrons. The van der Waals surface area contributed by atoms with Gasteiger partial charge in [0.05, 0.1) is 17.8 Å². The second-order valence-corrected chi connectivity index (χ2v) is 10.4. The van der Waals surface area contributed by atoms with Crippen molar-refractivity contribution in [3.63, 3.8) is 0 Å². The van der Waals surface area contributed by atoms with Gasteiger partial charge in [-0.1, -0.05) is 83.5 Å². The molecule has 0 saturated heterocycles. The summed E-state index contributed by atoms with van der Waals surface area (Å²) >= 11 is 6.16. The van der Waals surface area contributed by atoms with E-state index in [1.165, 1.54) is 6.26 Å². The summed E-state index contributed by atoms with van der Waals surface area (Å²) in [6.07, 6.45) is 3.10. The summed E-state index contributed by atoms with van der Waals surface area (Å²) in [7, 11) is 0. The monoisotopic (exact) mass is 583 g/mol. The second-order valence-electron chi connectivity index (χ2n) is 9.92. The van der Waals surface area contributed by atoms with Gasteiger partial charge in [0.15, 0.2) is 16.9 Å². The Kier molecular flexibility index (Phi) is 6.73. The van der Waals surface area contributed by atoms with Crippen molar-refractivity contribution in [3.8, 4) is 33.9 Å². The number of aromatic nitrogens is 5. The van der Waals surface area contributed by atoms with Crippen LogP contribution in [0.5, 0.6) is 0 Å². The minimum Gasteiger partial charge on any atom is -0.364 e. The first kappa shape index (κ1) is 26.3. The predicted octanol–water partition coefficient (Wildman–Crippen LogP) is 6.97. The molecule has 3 heterocycles. The van der Waals surface area contributed by atoms with Gasteiger partial charge in [0, 0.05) is 27.9 Å². The van der Waals surface area contributed by atoms with E-state index >= 15 is 0 Å². The molecule has 8 nitrogen and oxygen atoms in total. The van der Waals surface area contributed by atoms with Crippen LogP contribution in [0.1, 0.15) is 16.1 Å². The Morgan fingerprint density at radius 1 is 0.791 bits per heavy atom. The van der Waals surface area contributed by atoms with Gasteiger partial charge >= 0.3 is 0 Å². The molecule has 3 aromatic heterocycles. The van der Waals surface area contributed by atoms with Gasteiger partial charge < -0.3 is 4.52 Å². The third-order valence-corrected chi connectivity index (χ3v) is 7.44. The number of hydrogen-bond acceptors (Lipinski definition) is 6. The lowest BCUT2D eigenvalue weighted by molar-refractivity contribution is 0.0990. The maximum Gasteiger partial charge on any atom is 0.286 e. The Morgan fingerprint density at radius 3 is 2.28 bits per heavy atom. The van der Waals surface area contributed by atoms with Crippen molar-refractivity contribution in [2.75, 3.05) is 0 Å². The molecule has 0 aliphatic carbocycles. The molecule has 4 aromatic carbocycles. The SMILES string of the molecule is O=C(Cc1ccon1)c1cccc(-n2cnc3c(=O)n(-c4ccc(Cl)cc4)c(-c4ccc(-c5ccccc5)cc4)nc32)c1. The molecule has 7 rings (SSSR count). The molecule has 9 heteroatoms. The van der Waals surface area contributed by atoms with Crippen LogP contribution in [0.25, 0.3) is 45.1 Å². The Morgan fingerprint density at radius 2 is 1.53 bits per heavy atom. The average molecular weight is 584 g/mol. The standard InChI is InChI=1S/C34H22ClN5O3/c35-26-13-15-28(16-14-26)40-32(24-11-9-23(10-12-24)22-5-2-1-3-6-22)37-33-31(34(40)42)36-21-39(33)29-8-4-7-25(19-29)30(41)20-27-17-18-43-38-27/h1-19,21H,20H2. The van der Waals surface area contributed by atoms with Crippen molar-refractivity contribution < 1.29 is 9.32 Å². The van der Waals surface area contributed by atoms with E-state index < -0.39 is 0 Å². The number of halogens is 1. The number of rotatable bonds is 7. The summed E-state index contributed by atoms with van der Waals surface area (Å²) in [6.45, 7) is 0. The third-order valence-electron chi connectivity index (χ3n) is 7.19.